The molecule has 0 spiro atoms. The molecule has 0 aliphatic rings. The van der Waals surface area contributed by atoms with Gasteiger partial charge in [0.25, 0.3) is 0 Å². The molecular weight excluding hydrogens is 284 g/mol. The van der Waals surface area contributed by atoms with Crippen molar-refractivity contribution in [2.45, 2.75) is 13.0 Å². The van der Waals surface area contributed by atoms with Gasteiger partial charge in [0.2, 0.25) is 0 Å². The van der Waals surface area contributed by atoms with Gasteiger partial charge in [0, 0.05) is 0 Å². The Morgan fingerprint density at radius 2 is 1.90 bits per heavy atom. The zero-order valence-corrected chi connectivity index (χ0v) is 11.5. The molecule has 0 aromatic heterocycles. The first kappa shape index (κ1) is 14.8. The molecule has 106 valence electrons. The third-order valence-electron chi connectivity index (χ3n) is 2.81. The van der Waals surface area contributed by atoms with Crippen molar-refractivity contribution in [2.24, 2.45) is 5.73 Å². The molecule has 2 N–H and O–H groups in total. The highest BCUT2D eigenvalue weighted by Crippen LogP contribution is 2.22. The van der Waals surface area contributed by atoms with E-state index in [1.165, 1.54) is 24.3 Å². The second-order valence-corrected chi connectivity index (χ2v) is 4.74. The van der Waals surface area contributed by atoms with Gasteiger partial charge in [-0.25, -0.2) is 8.78 Å². The van der Waals surface area contributed by atoms with E-state index in [1.54, 1.807) is 12.1 Å². The monoisotopic (exact) mass is 297 g/mol. The minimum Gasteiger partial charge on any atom is -0.489 e. The minimum absolute atomic E-state index is 0.0485. The molecule has 2 nitrogen and oxygen atoms in total. The average molecular weight is 298 g/mol. The van der Waals surface area contributed by atoms with Crippen LogP contribution in [0.2, 0.25) is 5.02 Å². The number of hydrogen-bond donors (Lipinski definition) is 1. The summed E-state index contributed by atoms with van der Waals surface area (Å²) in [6, 6.07) is 8.67. The Kier molecular flexibility index (Phi) is 4.93. The lowest BCUT2D eigenvalue weighted by Crippen LogP contribution is -2.06. The predicted molar refractivity (Wildman–Crippen MR) is 74.9 cm³/mol. The molecule has 0 unspecified atom stereocenters. The summed E-state index contributed by atoms with van der Waals surface area (Å²) in [6.45, 7) is 0.630. The number of rotatable bonds is 5. The van der Waals surface area contributed by atoms with Gasteiger partial charge >= 0.3 is 0 Å². The van der Waals surface area contributed by atoms with Crippen molar-refractivity contribution in [3.05, 3.63) is 64.2 Å². The van der Waals surface area contributed by atoms with Crippen molar-refractivity contribution in [2.75, 3.05) is 6.54 Å². The highest BCUT2D eigenvalue weighted by atomic mass is 35.5. The number of ether oxygens (including phenoxy) is 1. The first-order valence-corrected chi connectivity index (χ1v) is 6.53. The smallest absolute Gasteiger partial charge is 0.141 e. The van der Waals surface area contributed by atoms with Crippen molar-refractivity contribution in [1.29, 1.82) is 0 Å². The molecule has 0 bridgehead atoms. The van der Waals surface area contributed by atoms with E-state index >= 15 is 0 Å². The fraction of sp³-hybridized carbons (Fsp3) is 0.200. The molecular formula is C15H14ClF2NO. The number of halogens is 3. The van der Waals surface area contributed by atoms with Crippen LogP contribution in [0.1, 0.15) is 11.1 Å². The second-order valence-electron chi connectivity index (χ2n) is 4.33. The highest BCUT2D eigenvalue weighted by molar-refractivity contribution is 6.30. The van der Waals surface area contributed by atoms with Crippen molar-refractivity contribution < 1.29 is 13.5 Å². The normalized spacial score (nSPS) is 10.6. The molecule has 20 heavy (non-hydrogen) atoms. The zero-order valence-electron chi connectivity index (χ0n) is 10.7. The van der Waals surface area contributed by atoms with E-state index in [4.69, 9.17) is 22.1 Å². The van der Waals surface area contributed by atoms with Crippen LogP contribution >= 0.6 is 11.6 Å². The van der Waals surface area contributed by atoms with Crippen LogP contribution in [0, 0.1) is 11.6 Å². The lowest BCUT2D eigenvalue weighted by Gasteiger charge is -2.11. The Balaban J connectivity index is 2.11. The van der Waals surface area contributed by atoms with E-state index in [1.807, 2.05) is 0 Å². The van der Waals surface area contributed by atoms with Crippen LogP contribution in [0.15, 0.2) is 36.4 Å². The van der Waals surface area contributed by atoms with Gasteiger partial charge in [-0.1, -0.05) is 17.7 Å². The van der Waals surface area contributed by atoms with E-state index < -0.39 is 5.82 Å². The Morgan fingerprint density at radius 3 is 2.60 bits per heavy atom. The van der Waals surface area contributed by atoms with Gasteiger partial charge in [0.1, 0.15) is 24.0 Å². The molecule has 0 aliphatic heterocycles. The van der Waals surface area contributed by atoms with Gasteiger partial charge in [-0.05, 0) is 54.4 Å². The Labute approximate surface area is 121 Å². The molecule has 2 aromatic carbocycles. The summed E-state index contributed by atoms with van der Waals surface area (Å²) in [7, 11) is 0. The summed E-state index contributed by atoms with van der Waals surface area (Å²) in [4.78, 5) is 0. The summed E-state index contributed by atoms with van der Waals surface area (Å²) in [5.41, 5.74) is 6.93. The zero-order chi connectivity index (χ0) is 14.5. The van der Waals surface area contributed by atoms with Gasteiger partial charge in [-0.15, -0.1) is 0 Å². The molecule has 5 heteroatoms. The third kappa shape index (κ3) is 3.68. The van der Waals surface area contributed by atoms with Crippen molar-refractivity contribution in [3.8, 4) is 5.75 Å². The number of hydrogen-bond acceptors (Lipinski definition) is 2. The van der Waals surface area contributed by atoms with Crippen LogP contribution in [-0.2, 0) is 13.0 Å². The molecule has 0 atom stereocenters. The Morgan fingerprint density at radius 1 is 1.10 bits per heavy atom. The Bertz CT molecular complexity index is 604. The van der Waals surface area contributed by atoms with Crippen molar-refractivity contribution in [3.63, 3.8) is 0 Å². The molecule has 0 heterocycles. The van der Waals surface area contributed by atoms with Crippen LogP contribution in [0.5, 0.6) is 5.75 Å². The fourth-order valence-electron chi connectivity index (χ4n) is 1.83. The van der Waals surface area contributed by atoms with Crippen LogP contribution in [0.4, 0.5) is 8.78 Å². The molecule has 0 amide bonds. The van der Waals surface area contributed by atoms with Crippen LogP contribution in [0.25, 0.3) is 0 Å². The fourth-order valence-corrected chi connectivity index (χ4v) is 2.03. The molecule has 2 rings (SSSR count). The lowest BCUT2D eigenvalue weighted by atomic mass is 10.1. The molecule has 0 saturated heterocycles. The first-order chi connectivity index (χ1) is 9.60. The topological polar surface area (TPSA) is 35.2 Å². The molecule has 0 fully saturated rings. The maximum Gasteiger partial charge on any atom is 0.141 e. The van der Waals surface area contributed by atoms with Gasteiger partial charge in [-0.2, -0.15) is 0 Å². The maximum absolute atomic E-state index is 13.2. The molecule has 2 aromatic rings. The predicted octanol–water partition coefficient (Wildman–Crippen LogP) is 3.70. The van der Waals surface area contributed by atoms with Gasteiger partial charge in [0.05, 0.1) is 5.02 Å². The van der Waals surface area contributed by atoms with E-state index in [2.05, 4.69) is 0 Å². The highest BCUT2D eigenvalue weighted by Gasteiger charge is 2.06. The van der Waals surface area contributed by atoms with Gasteiger partial charge in [-0.3, -0.25) is 0 Å². The summed E-state index contributed by atoms with van der Waals surface area (Å²) in [5, 5.41) is 0.0485. The Hall–Kier alpha value is -1.65. The minimum atomic E-state index is -0.471. The molecule has 0 aliphatic carbocycles. The van der Waals surface area contributed by atoms with E-state index in [9.17, 15) is 8.78 Å². The van der Waals surface area contributed by atoms with E-state index in [0.29, 0.717) is 24.3 Å². The lowest BCUT2D eigenvalue weighted by molar-refractivity contribution is 0.302. The first-order valence-electron chi connectivity index (χ1n) is 6.15. The van der Waals surface area contributed by atoms with Crippen LogP contribution in [0.3, 0.4) is 0 Å². The van der Waals surface area contributed by atoms with Crippen molar-refractivity contribution in [1.82, 2.24) is 0 Å². The quantitative estimate of drug-likeness (QED) is 0.913. The van der Waals surface area contributed by atoms with Crippen LogP contribution < -0.4 is 10.5 Å². The van der Waals surface area contributed by atoms with Crippen LogP contribution in [-0.4, -0.2) is 6.54 Å². The van der Waals surface area contributed by atoms with E-state index in [0.717, 1.165) is 5.56 Å². The molecule has 0 saturated carbocycles. The summed E-state index contributed by atoms with van der Waals surface area (Å²) >= 11 is 5.70. The standard InChI is InChI=1S/C15H14ClF2NO/c16-13-7-10(1-3-14(13)18)9-20-15-4-2-12(17)8-11(15)5-6-19/h1-4,7-8H,5-6,9,19H2. The SMILES string of the molecule is NCCc1cc(F)ccc1OCc1ccc(F)c(Cl)c1. The van der Waals surface area contributed by atoms with E-state index in [-0.39, 0.29) is 17.4 Å². The number of benzene rings is 2. The average Bonchev–Trinajstić information content (AvgIpc) is 2.42. The maximum atomic E-state index is 13.2. The summed E-state index contributed by atoms with van der Waals surface area (Å²) < 4.78 is 31.8. The summed E-state index contributed by atoms with van der Waals surface area (Å²) in [5.74, 6) is -0.232. The number of nitrogens with two attached hydrogens (primary N) is 1. The summed E-state index contributed by atoms with van der Waals surface area (Å²) in [6.07, 6.45) is 0.525. The van der Waals surface area contributed by atoms with Gasteiger partial charge < -0.3 is 10.5 Å². The third-order valence-corrected chi connectivity index (χ3v) is 3.10. The largest absolute Gasteiger partial charge is 0.489 e. The second kappa shape index (κ2) is 6.68. The van der Waals surface area contributed by atoms with Gasteiger partial charge in [0.15, 0.2) is 0 Å². The molecule has 0 radical (unpaired) electrons. The van der Waals surface area contributed by atoms with Crippen molar-refractivity contribution >= 4 is 11.6 Å².